The lowest BCUT2D eigenvalue weighted by Gasteiger charge is -2.28. The molecule has 2 heterocycles. The van der Waals surface area contributed by atoms with Crippen LogP contribution in [0.25, 0.3) is 120 Å². The van der Waals surface area contributed by atoms with Crippen LogP contribution in [0.15, 0.2) is 328 Å². The van der Waals surface area contributed by atoms with E-state index in [4.69, 9.17) is 0 Å². The fourth-order valence-corrected chi connectivity index (χ4v) is 14.0. The summed E-state index contributed by atoms with van der Waals surface area (Å²) in [6.07, 6.45) is 0. The van der Waals surface area contributed by atoms with Crippen molar-refractivity contribution in [3.63, 3.8) is 0 Å². The second-order valence-electron chi connectivity index (χ2n) is 22.3. The first-order valence-electron chi connectivity index (χ1n) is 29.6. The van der Waals surface area contributed by atoms with Crippen LogP contribution in [0.5, 0.6) is 0 Å². The molecule has 0 aliphatic heterocycles. The highest BCUT2D eigenvalue weighted by molar-refractivity contribution is 6.26. The fourth-order valence-electron chi connectivity index (χ4n) is 14.0. The van der Waals surface area contributed by atoms with Gasteiger partial charge in [0.05, 0.1) is 33.4 Å². The number of benzene rings is 15. The Balaban J connectivity index is 0.804. The van der Waals surface area contributed by atoms with Crippen molar-refractivity contribution in [2.45, 2.75) is 0 Å². The third-order valence-corrected chi connectivity index (χ3v) is 17.7. The van der Waals surface area contributed by atoms with Gasteiger partial charge in [0.2, 0.25) is 0 Å². The van der Waals surface area contributed by atoms with E-state index in [0.717, 1.165) is 45.5 Å². The number of para-hydroxylation sites is 6. The van der Waals surface area contributed by atoms with Gasteiger partial charge in [-0.25, -0.2) is 0 Å². The van der Waals surface area contributed by atoms with Gasteiger partial charge >= 0.3 is 0 Å². The standard InChI is InChI=1S/C82H54N4/c1-3-23-55(24-4-1)83(57-47-51-59(52-48-57)85-77-41-15-11-27-65(77)66-28-12-16-42-78(66)85)75-45-21-35-61-63(75)37-19-39-69(61)81-71-31-7-9-33-73(71)82(74-34-10-8-32-72(74)81)70-40-20-38-64-62(70)36-22-46-76(64)84(56-25-5-2-6-26-56)58-49-53-60(54-50-58)86-79-43-17-13-29-67(79)68-30-14-18-44-80(68)86/h1-54H. The molecular formula is C82H54N4. The Hall–Kier alpha value is -11.5. The molecule has 0 radical (unpaired) electrons. The van der Waals surface area contributed by atoms with Crippen molar-refractivity contribution in [2.24, 2.45) is 0 Å². The minimum atomic E-state index is 1.08. The molecule has 0 aliphatic rings. The monoisotopic (exact) mass is 1090 g/mol. The van der Waals surface area contributed by atoms with Crippen LogP contribution in [-0.2, 0) is 0 Å². The molecule has 0 atom stereocenters. The van der Waals surface area contributed by atoms with Gasteiger partial charge in [-0.1, -0.05) is 218 Å². The van der Waals surface area contributed by atoms with E-state index < -0.39 is 0 Å². The van der Waals surface area contributed by atoms with Crippen LogP contribution in [0, 0.1) is 0 Å². The van der Waals surface area contributed by atoms with E-state index in [9.17, 15) is 0 Å². The van der Waals surface area contributed by atoms with Crippen LogP contribution in [0.4, 0.5) is 34.1 Å². The van der Waals surface area contributed by atoms with E-state index >= 15 is 0 Å². The van der Waals surface area contributed by atoms with Crippen molar-refractivity contribution in [3.8, 4) is 33.6 Å². The summed E-state index contributed by atoms with van der Waals surface area (Å²) in [5, 5.41) is 14.6. The Morgan fingerprint density at radius 3 is 0.767 bits per heavy atom. The van der Waals surface area contributed by atoms with Gasteiger partial charge in [0.15, 0.2) is 0 Å². The number of hydrogen-bond donors (Lipinski definition) is 0. The highest BCUT2D eigenvalue weighted by Crippen LogP contribution is 2.50. The molecule has 0 saturated carbocycles. The zero-order valence-electron chi connectivity index (χ0n) is 47.0. The van der Waals surface area contributed by atoms with Gasteiger partial charge in [-0.2, -0.15) is 0 Å². The molecule has 0 fully saturated rings. The van der Waals surface area contributed by atoms with Crippen molar-refractivity contribution >= 4 is 121 Å². The van der Waals surface area contributed by atoms with E-state index in [2.05, 4.69) is 347 Å². The molecule has 17 aromatic rings. The van der Waals surface area contributed by atoms with Crippen LogP contribution < -0.4 is 9.80 Å². The summed E-state index contributed by atoms with van der Waals surface area (Å²) in [6.45, 7) is 0. The minimum Gasteiger partial charge on any atom is -0.310 e. The van der Waals surface area contributed by atoms with Gasteiger partial charge in [0, 0.05) is 66.4 Å². The summed E-state index contributed by atoms with van der Waals surface area (Å²) in [5.41, 5.74) is 18.4. The van der Waals surface area contributed by atoms with Gasteiger partial charge in [0.25, 0.3) is 0 Å². The Morgan fingerprint density at radius 1 is 0.174 bits per heavy atom. The molecular weight excluding hydrogens is 1040 g/mol. The quantitative estimate of drug-likeness (QED) is 0.127. The summed E-state index contributed by atoms with van der Waals surface area (Å²) in [5.74, 6) is 0. The van der Waals surface area contributed by atoms with Crippen LogP contribution >= 0.6 is 0 Å². The molecule has 15 aromatic carbocycles. The zero-order chi connectivity index (χ0) is 56.7. The van der Waals surface area contributed by atoms with E-state index in [0.29, 0.717) is 0 Å². The first kappa shape index (κ1) is 49.2. The van der Waals surface area contributed by atoms with Gasteiger partial charge in [-0.15, -0.1) is 0 Å². The number of anilines is 6. The van der Waals surface area contributed by atoms with Crippen LogP contribution in [0.3, 0.4) is 0 Å². The Bertz CT molecular complexity index is 4960. The summed E-state index contributed by atoms with van der Waals surface area (Å²) in [7, 11) is 0. The SMILES string of the molecule is c1ccc(N(c2ccc(-n3c4ccccc4c4ccccc43)cc2)c2cccc3c(-c4c5ccccc5c(-c5cccc6c(N(c7ccccc7)c7ccc(-n8c9ccccc9c9ccccc98)cc7)cccc56)c5ccccc45)cccc23)cc1. The van der Waals surface area contributed by atoms with E-state index in [1.807, 2.05) is 0 Å². The average Bonchev–Trinajstić information content (AvgIpc) is 1.86. The highest BCUT2D eigenvalue weighted by Gasteiger charge is 2.24. The molecule has 4 nitrogen and oxygen atoms in total. The summed E-state index contributed by atoms with van der Waals surface area (Å²) >= 11 is 0. The second kappa shape index (κ2) is 20.2. The van der Waals surface area contributed by atoms with Crippen molar-refractivity contribution in [1.29, 1.82) is 0 Å². The average molecular weight is 1100 g/mol. The first-order valence-corrected chi connectivity index (χ1v) is 29.6. The van der Waals surface area contributed by atoms with E-state index in [-0.39, 0.29) is 0 Å². The predicted octanol–water partition coefficient (Wildman–Crippen LogP) is 22.8. The van der Waals surface area contributed by atoms with Crippen LogP contribution in [0.2, 0.25) is 0 Å². The Labute approximate surface area is 498 Å². The molecule has 0 amide bonds. The van der Waals surface area contributed by atoms with E-state index in [1.165, 1.54) is 109 Å². The molecule has 0 N–H and O–H groups in total. The summed E-state index contributed by atoms with van der Waals surface area (Å²) in [4.78, 5) is 4.83. The van der Waals surface area contributed by atoms with Crippen molar-refractivity contribution in [3.05, 3.63) is 328 Å². The van der Waals surface area contributed by atoms with Crippen molar-refractivity contribution < 1.29 is 0 Å². The number of nitrogens with zero attached hydrogens (tertiary/aromatic N) is 4. The van der Waals surface area contributed by atoms with Crippen LogP contribution in [0.1, 0.15) is 0 Å². The molecule has 0 bridgehead atoms. The molecule has 17 rings (SSSR count). The van der Waals surface area contributed by atoms with E-state index in [1.54, 1.807) is 0 Å². The Kier molecular flexibility index (Phi) is 11.5. The molecule has 2 aromatic heterocycles. The predicted molar refractivity (Wildman–Crippen MR) is 365 cm³/mol. The molecule has 0 spiro atoms. The maximum absolute atomic E-state index is 2.41. The minimum absolute atomic E-state index is 1.08. The third kappa shape index (κ3) is 7.77. The maximum atomic E-state index is 2.41. The number of rotatable bonds is 10. The molecule has 86 heavy (non-hydrogen) atoms. The molecule has 402 valence electrons. The number of aromatic nitrogens is 2. The van der Waals surface area contributed by atoms with Crippen molar-refractivity contribution in [1.82, 2.24) is 9.13 Å². The normalized spacial score (nSPS) is 11.7. The molecule has 0 unspecified atom stereocenters. The lowest BCUT2D eigenvalue weighted by Crippen LogP contribution is -2.10. The lowest BCUT2D eigenvalue weighted by molar-refractivity contribution is 1.17. The van der Waals surface area contributed by atoms with Gasteiger partial charge < -0.3 is 18.9 Å². The maximum Gasteiger partial charge on any atom is 0.0541 e. The largest absolute Gasteiger partial charge is 0.310 e. The number of hydrogen-bond acceptors (Lipinski definition) is 2. The zero-order valence-corrected chi connectivity index (χ0v) is 47.0. The highest BCUT2D eigenvalue weighted by atomic mass is 15.2. The second-order valence-corrected chi connectivity index (χ2v) is 22.3. The van der Waals surface area contributed by atoms with Gasteiger partial charge in [-0.3, -0.25) is 0 Å². The van der Waals surface area contributed by atoms with Crippen molar-refractivity contribution in [2.75, 3.05) is 9.80 Å². The fraction of sp³-hybridized carbons (Fsp3) is 0. The number of fused-ring (bicyclic) bond motifs is 10. The summed E-state index contributed by atoms with van der Waals surface area (Å²) < 4.78 is 4.77. The van der Waals surface area contributed by atoms with Gasteiger partial charge in [-0.05, 0) is 164 Å². The molecule has 4 heteroatoms. The first-order chi connectivity index (χ1) is 42.7. The molecule has 0 aliphatic carbocycles. The van der Waals surface area contributed by atoms with Gasteiger partial charge in [0.1, 0.15) is 0 Å². The summed E-state index contributed by atoms with van der Waals surface area (Å²) in [6, 6.07) is 120. The Morgan fingerprint density at radius 2 is 0.430 bits per heavy atom. The lowest BCUT2D eigenvalue weighted by atomic mass is 9.83. The van der Waals surface area contributed by atoms with Crippen LogP contribution in [-0.4, -0.2) is 9.13 Å². The smallest absolute Gasteiger partial charge is 0.0541 e. The third-order valence-electron chi connectivity index (χ3n) is 17.7. The molecule has 0 saturated heterocycles. The topological polar surface area (TPSA) is 16.3 Å².